The number of hydrogen-bond acceptors (Lipinski definition) is 3. The highest BCUT2D eigenvalue weighted by atomic mass is 16.2. The lowest BCUT2D eigenvalue weighted by Crippen LogP contribution is -2.52. The second-order valence-electron chi connectivity index (χ2n) is 8.65. The van der Waals surface area contributed by atoms with Gasteiger partial charge in [0.2, 0.25) is 0 Å². The standard InChI is InChI=1S/C22H34N4O/c1-24-15-17-25(18-16-24)14-10-20-9-5-6-13-26(20)21(27)23-22(11-12-22)19-7-3-2-4-8-19/h2-4,7-8,20H,5-6,9-18H2,1H3,(H,23,27). The topological polar surface area (TPSA) is 38.8 Å². The van der Waals surface area contributed by atoms with Gasteiger partial charge in [0.05, 0.1) is 5.54 Å². The molecule has 1 aromatic rings. The summed E-state index contributed by atoms with van der Waals surface area (Å²) in [6.45, 7) is 6.66. The molecule has 0 bridgehead atoms. The van der Waals surface area contributed by atoms with Gasteiger partial charge in [-0.2, -0.15) is 0 Å². The number of rotatable bonds is 5. The fraction of sp³-hybridized carbons (Fsp3) is 0.682. The zero-order chi connectivity index (χ0) is 18.7. The SMILES string of the molecule is CN1CCN(CCC2CCCCN2C(=O)NC2(c3ccccc3)CC2)CC1. The van der Waals surface area contributed by atoms with Crippen LogP contribution in [0.25, 0.3) is 0 Å². The molecule has 3 fully saturated rings. The molecule has 0 spiro atoms. The van der Waals surface area contributed by atoms with Crippen LogP contribution in [0.4, 0.5) is 4.79 Å². The van der Waals surface area contributed by atoms with Gasteiger partial charge in [-0.1, -0.05) is 30.3 Å². The Morgan fingerprint density at radius 1 is 1.07 bits per heavy atom. The van der Waals surface area contributed by atoms with E-state index >= 15 is 0 Å². The number of amides is 2. The molecule has 3 aliphatic rings. The normalized spacial score (nSPS) is 26.0. The van der Waals surface area contributed by atoms with E-state index in [4.69, 9.17) is 0 Å². The van der Waals surface area contributed by atoms with Crippen molar-refractivity contribution in [2.75, 3.05) is 46.3 Å². The summed E-state index contributed by atoms with van der Waals surface area (Å²) in [5, 5.41) is 3.39. The van der Waals surface area contributed by atoms with Crippen LogP contribution in [0.5, 0.6) is 0 Å². The van der Waals surface area contributed by atoms with E-state index in [0.29, 0.717) is 6.04 Å². The number of hydrogen-bond donors (Lipinski definition) is 1. The summed E-state index contributed by atoms with van der Waals surface area (Å²) in [5.41, 5.74) is 1.14. The van der Waals surface area contributed by atoms with Crippen molar-refractivity contribution in [3.05, 3.63) is 35.9 Å². The van der Waals surface area contributed by atoms with Crippen LogP contribution >= 0.6 is 0 Å². The van der Waals surface area contributed by atoms with Crippen molar-refractivity contribution in [1.82, 2.24) is 20.0 Å². The van der Waals surface area contributed by atoms with Crippen molar-refractivity contribution in [2.45, 2.75) is 50.1 Å². The Hall–Kier alpha value is -1.59. The van der Waals surface area contributed by atoms with Crippen molar-refractivity contribution < 1.29 is 4.79 Å². The van der Waals surface area contributed by atoms with Gasteiger partial charge in [0, 0.05) is 45.3 Å². The highest BCUT2D eigenvalue weighted by Gasteiger charge is 2.46. The summed E-state index contributed by atoms with van der Waals surface area (Å²) in [5.74, 6) is 0. The molecule has 4 rings (SSSR count). The first-order valence-electron chi connectivity index (χ1n) is 10.7. The van der Waals surface area contributed by atoms with Crippen LogP contribution < -0.4 is 5.32 Å². The Kier molecular flexibility index (Phi) is 5.69. The average Bonchev–Trinajstić information content (AvgIpc) is 3.49. The molecule has 5 heteroatoms. The van der Waals surface area contributed by atoms with Crippen LogP contribution in [0, 0.1) is 0 Å². The first kappa shape index (κ1) is 18.8. The van der Waals surface area contributed by atoms with E-state index in [1.807, 2.05) is 6.07 Å². The Morgan fingerprint density at radius 3 is 2.52 bits per heavy atom. The average molecular weight is 371 g/mol. The molecule has 1 atom stereocenters. The van der Waals surface area contributed by atoms with Crippen molar-refractivity contribution in [3.63, 3.8) is 0 Å². The van der Waals surface area contributed by atoms with Gasteiger partial charge in [-0.05, 0) is 51.1 Å². The number of urea groups is 1. The number of piperidine rings is 1. The summed E-state index contributed by atoms with van der Waals surface area (Å²) >= 11 is 0. The van der Waals surface area contributed by atoms with E-state index in [1.165, 1.54) is 12.0 Å². The predicted octanol–water partition coefficient (Wildman–Crippen LogP) is 2.88. The Morgan fingerprint density at radius 2 is 1.81 bits per heavy atom. The van der Waals surface area contributed by atoms with E-state index in [2.05, 4.69) is 51.3 Å². The van der Waals surface area contributed by atoms with Gasteiger partial charge < -0.3 is 20.0 Å². The molecule has 5 nitrogen and oxygen atoms in total. The Bertz CT molecular complexity index is 622. The third-order valence-corrected chi connectivity index (χ3v) is 6.69. The van der Waals surface area contributed by atoms with Crippen molar-refractivity contribution in [3.8, 4) is 0 Å². The first-order chi connectivity index (χ1) is 13.2. The summed E-state index contributed by atoms with van der Waals surface area (Å²) in [7, 11) is 2.20. The molecular formula is C22H34N4O. The number of benzene rings is 1. The molecule has 1 saturated carbocycles. The molecule has 1 N–H and O–H groups in total. The van der Waals surface area contributed by atoms with Crippen LogP contribution in [0.1, 0.15) is 44.1 Å². The largest absolute Gasteiger partial charge is 0.328 e. The van der Waals surface area contributed by atoms with Crippen LogP contribution in [0.3, 0.4) is 0 Å². The number of piperazine rings is 1. The zero-order valence-corrected chi connectivity index (χ0v) is 16.7. The fourth-order valence-corrected chi connectivity index (χ4v) is 4.62. The second kappa shape index (κ2) is 8.19. The van der Waals surface area contributed by atoms with Crippen LogP contribution in [-0.2, 0) is 5.54 Å². The van der Waals surface area contributed by atoms with E-state index in [0.717, 1.165) is 71.4 Å². The second-order valence-corrected chi connectivity index (χ2v) is 8.65. The lowest BCUT2D eigenvalue weighted by Gasteiger charge is -2.39. The smallest absolute Gasteiger partial charge is 0.318 e. The maximum absolute atomic E-state index is 13.1. The highest BCUT2D eigenvalue weighted by Crippen LogP contribution is 2.45. The van der Waals surface area contributed by atoms with E-state index in [1.54, 1.807) is 0 Å². The lowest BCUT2D eigenvalue weighted by atomic mass is 9.99. The molecule has 2 aliphatic heterocycles. The number of likely N-dealkylation sites (N-methyl/N-ethyl adjacent to an activating group) is 1. The first-order valence-corrected chi connectivity index (χ1v) is 10.7. The van der Waals surface area contributed by atoms with Crippen LogP contribution in [0.2, 0.25) is 0 Å². The molecule has 2 amide bonds. The van der Waals surface area contributed by atoms with Gasteiger partial charge in [0.25, 0.3) is 0 Å². The molecule has 148 valence electrons. The molecule has 1 aliphatic carbocycles. The molecule has 27 heavy (non-hydrogen) atoms. The zero-order valence-electron chi connectivity index (χ0n) is 16.7. The lowest BCUT2D eigenvalue weighted by molar-refractivity contribution is 0.115. The molecular weight excluding hydrogens is 336 g/mol. The monoisotopic (exact) mass is 370 g/mol. The maximum Gasteiger partial charge on any atom is 0.318 e. The minimum Gasteiger partial charge on any atom is -0.328 e. The van der Waals surface area contributed by atoms with E-state index < -0.39 is 0 Å². The summed E-state index contributed by atoms with van der Waals surface area (Å²) in [6, 6.07) is 11.0. The van der Waals surface area contributed by atoms with Crippen molar-refractivity contribution in [2.24, 2.45) is 0 Å². The Balaban J connectivity index is 1.34. The number of nitrogens with one attached hydrogen (secondary N) is 1. The van der Waals surface area contributed by atoms with Crippen LogP contribution in [0.15, 0.2) is 30.3 Å². The fourth-order valence-electron chi connectivity index (χ4n) is 4.62. The van der Waals surface area contributed by atoms with E-state index in [9.17, 15) is 4.79 Å². The molecule has 0 aromatic heterocycles. The van der Waals surface area contributed by atoms with Gasteiger partial charge in [0.1, 0.15) is 0 Å². The van der Waals surface area contributed by atoms with Crippen LogP contribution in [-0.4, -0.2) is 73.1 Å². The van der Waals surface area contributed by atoms with Crippen molar-refractivity contribution in [1.29, 1.82) is 0 Å². The molecule has 1 aromatic carbocycles. The van der Waals surface area contributed by atoms with Gasteiger partial charge in [0.15, 0.2) is 0 Å². The van der Waals surface area contributed by atoms with Gasteiger partial charge >= 0.3 is 6.03 Å². The number of nitrogens with zero attached hydrogens (tertiary/aromatic N) is 3. The molecule has 0 radical (unpaired) electrons. The minimum absolute atomic E-state index is 0.113. The third kappa shape index (κ3) is 4.46. The van der Waals surface area contributed by atoms with Gasteiger partial charge in [-0.15, -0.1) is 0 Å². The van der Waals surface area contributed by atoms with Crippen molar-refractivity contribution >= 4 is 6.03 Å². The molecule has 1 unspecified atom stereocenters. The number of carbonyl (C=O) groups excluding carboxylic acids is 1. The maximum atomic E-state index is 13.1. The van der Waals surface area contributed by atoms with Gasteiger partial charge in [-0.25, -0.2) is 4.79 Å². The Labute approximate surface area is 163 Å². The number of likely N-dealkylation sites (tertiary alicyclic amines) is 1. The molecule has 2 saturated heterocycles. The quantitative estimate of drug-likeness (QED) is 0.866. The molecule has 2 heterocycles. The highest BCUT2D eigenvalue weighted by molar-refractivity contribution is 5.76. The van der Waals surface area contributed by atoms with E-state index in [-0.39, 0.29) is 11.6 Å². The third-order valence-electron chi connectivity index (χ3n) is 6.69. The number of carbonyl (C=O) groups is 1. The van der Waals surface area contributed by atoms with Gasteiger partial charge in [-0.3, -0.25) is 0 Å². The summed E-state index contributed by atoms with van der Waals surface area (Å²) in [6.07, 6.45) is 6.76. The summed E-state index contributed by atoms with van der Waals surface area (Å²) in [4.78, 5) is 20.2. The minimum atomic E-state index is -0.113. The predicted molar refractivity (Wildman–Crippen MR) is 109 cm³/mol. The summed E-state index contributed by atoms with van der Waals surface area (Å²) < 4.78 is 0.